The number of rotatable bonds is 4. The predicted octanol–water partition coefficient (Wildman–Crippen LogP) is 3.62. The third-order valence-electron chi connectivity index (χ3n) is 2.91. The molecule has 21 heavy (non-hydrogen) atoms. The van der Waals surface area contributed by atoms with E-state index in [-0.39, 0.29) is 17.6 Å². The Morgan fingerprint density at radius 1 is 0.952 bits per heavy atom. The molecule has 4 heteroatoms. The molecule has 0 spiro atoms. The lowest BCUT2D eigenvalue weighted by Gasteiger charge is -2.09. The Labute approximate surface area is 123 Å². The van der Waals surface area contributed by atoms with Gasteiger partial charge in [-0.1, -0.05) is 24.3 Å². The van der Waals surface area contributed by atoms with Gasteiger partial charge in [-0.15, -0.1) is 0 Å². The van der Waals surface area contributed by atoms with Crippen LogP contribution in [0.3, 0.4) is 0 Å². The number of benzene rings is 2. The molecule has 0 aromatic heterocycles. The number of hydrogen-bond acceptors (Lipinski definition) is 3. The zero-order chi connectivity index (χ0) is 15.4. The van der Waals surface area contributed by atoms with Crippen LogP contribution in [0.4, 0.5) is 0 Å². The molecule has 2 rings (SSSR count). The summed E-state index contributed by atoms with van der Waals surface area (Å²) in [5.41, 5.74) is 2.39. The van der Waals surface area contributed by atoms with E-state index >= 15 is 0 Å². The SMILES string of the molecule is CC(C)OC(=O)c1cccc(-c2ccc(C(=O)O)cc2)c1. The van der Waals surface area contributed by atoms with E-state index < -0.39 is 5.97 Å². The van der Waals surface area contributed by atoms with Crippen LogP contribution in [-0.2, 0) is 4.74 Å². The number of hydrogen-bond donors (Lipinski definition) is 1. The first-order chi connectivity index (χ1) is 9.97. The van der Waals surface area contributed by atoms with E-state index in [0.29, 0.717) is 5.56 Å². The molecule has 0 heterocycles. The van der Waals surface area contributed by atoms with Gasteiger partial charge >= 0.3 is 11.9 Å². The lowest BCUT2D eigenvalue weighted by atomic mass is 10.0. The number of aromatic carboxylic acids is 1. The predicted molar refractivity (Wildman–Crippen MR) is 79.4 cm³/mol. The van der Waals surface area contributed by atoms with Crippen LogP contribution in [0.15, 0.2) is 48.5 Å². The molecule has 0 saturated carbocycles. The van der Waals surface area contributed by atoms with Gasteiger partial charge in [0.15, 0.2) is 0 Å². The van der Waals surface area contributed by atoms with Crippen molar-refractivity contribution < 1.29 is 19.4 Å². The highest BCUT2D eigenvalue weighted by atomic mass is 16.5. The lowest BCUT2D eigenvalue weighted by molar-refractivity contribution is 0.0377. The maximum absolute atomic E-state index is 11.9. The standard InChI is InChI=1S/C17H16O4/c1-11(2)21-17(20)15-5-3-4-14(10-15)12-6-8-13(9-7-12)16(18)19/h3-11H,1-2H3,(H,18,19). The average molecular weight is 284 g/mol. The molecule has 0 aliphatic heterocycles. The van der Waals surface area contributed by atoms with Gasteiger partial charge in [-0.25, -0.2) is 9.59 Å². The smallest absolute Gasteiger partial charge is 0.338 e. The second-order valence-electron chi connectivity index (χ2n) is 4.92. The first-order valence-corrected chi connectivity index (χ1v) is 6.62. The van der Waals surface area contributed by atoms with Crippen LogP contribution in [-0.4, -0.2) is 23.1 Å². The van der Waals surface area contributed by atoms with Crippen molar-refractivity contribution >= 4 is 11.9 Å². The molecule has 0 saturated heterocycles. The van der Waals surface area contributed by atoms with Crippen molar-refractivity contribution in [3.05, 3.63) is 59.7 Å². The van der Waals surface area contributed by atoms with Crippen LogP contribution in [0.1, 0.15) is 34.6 Å². The van der Waals surface area contributed by atoms with E-state index in [9.17, 15) is 9.59 Å². The maximum atomic E-state index is 11.9. The van der Waals surface area contributed by atoms with Crippen LogP contribution < -0.4 is 0 Å². The summed E-state index contributed by atoms with van der Waals surface area (Å²) in [5, 5.41) is 8.89. The van der Waals surface area contributed by atoms with Crippen LogP contribution in [0.5, 0.6) is 0 Å². The van der Waals surface area contributed by atoms with Crippen LogP contribution in [0.25, 0.3) is 11.1 Å². The third-order valence-corrected chi connectivity index (χ3v) is 2.91. The van der Waals surface area contributed by atoms with Crippen molar-refractivity contribution in [2.75, 3.05) is 0 Å². The number of carbonyl (C=O) groups excluding carboxylic acids is 1. The molecular formula is C17H16O4. The summed E-state index contributed by atoms with van der Waals surface area (Å²) in [6, 6.07) is 13.6. The summed E-state index contributed by atoms with van der Waals surface area (Å²) in [4.78, 5) is 22.7. The number of ether oxygens (including phenoxy) is 1. The minimum atomic E-state index is -0.962. The zero-order valence-electron chi connectivity index (χ0n) is 11.9. The number of carbonyl (C=O) groups is 2. The second-order valence-corrected chi connectivity index (χ2v) is 4.92. The van der Waals surface area contributed by atoms with Crippen molar-refractivity contribution in [3.63, 3.8) is 0 Å². The van der Waals surface area contributed by atoms with E-state index in [1.807, 2.05) is 6.07 Å². The topological polar surface area (TPSA) is 63.6 Å². The minimum absolute atomic E-state index is 0.170. The molecule has 0 fully saturated rings. The van der Waals surface area contributed by atoms with Gasteiger partial charge in [0.1, 0.15) is 0 Å². The highest BCUT2D eigenvalue weighted by molar-refractivity contribution is 5.91. The van der Waals surface area contributed by atoms with Crippen LogP contribution in [0.2, 0.25) is 0 Å². The summed E-state index contributed by atoms with van der Waals surface area (Å²) < 4.78 is 5.16. The van der Waals surface area contributed by atoms with Gasteiger partial charge in [-0.05, 0) is 49.2 Å². The Kier molecular flexibility index (Phi) is 4.38. The normalized spacial score (nSPS) is 10.4. The molecule has 4 nitrogen and oxygen atoms in total. The van der Waals surface area contributed by atoms with E-state index in [1.165, 1.54) is 12.1 Å². The first kappa shape index (κ1) is 14.8. The van der Waals surface area contributed by atoms with Crippen molar-refractivity contribution in [1.82, 2.24) is 0 Å². The summed E-state index contributed by atoms with van der Waals surface area (Å²) in [5.74, 6) is -1.33. The van der Waals surface area contributed by atoms with Crippen molar-refractivity contribution in [1.29, 1.82) is 0 Å². The van der Waals surface area contributed by atoms with Gasteiger partial charge in [-0.2, -0.15) is 0 Å². The minimum Gasteiger partial charge on any atom is -0.478 e. The summed E-state index contributed by atoms with van der Waals surface area (Å²) >= 11 is 0. The Balaban J connectivity index is 2.28. The monoisotopic (exact) mass is 284 g/mol. The van der Waals surface area contributed by atoms with Crippen LogP contribution >= 0.6 is 0 Å². The molecular weight excluding hydrogens is 268 g/mol. The lowest BCUT2D eigenvalue weighted by Crippen LogP contribution is -2.11. The fraction of sp³-hybridized carbons (Fsp3) is 0.176. The molecule has 0 aliphatic rings. The van der Waals surface area contributed by atoms with Gasteiger partial charge in [0, 0.05) is 0 Å². The fourth-order valence-electron chi connectivity index (χ4n) is 1.91. The molecule has 0 aliphatic carbocycles. The fourth-order valence-corrected chi connectivity index (χ4v) is 1.91. The average Bonchev–Trinajstić information content (AvgIpc) is 2.47. The molecule has 2 aromatic carbocycles. The van der Waals surface area contributed by atoms with Crippen molar-refractivity contribution in [2.45, 2.75) is 20.0 Å². The third kappa shape index (κ3) is 3.69. The van der Waals surface area contributed by atoms with Gasteiger partial charge in [-0.3, -0.25) is 0 Å². The molecule has 0 bridgehead atoms. The van der Waals surface area contributed by atoms with Gasteiger partial charge in [0.05, 0.1) is 17.2 Å². The van der Waals surface area contributed by atoms with Crippen molar-refractivity contribution in [3.8, 4) is 11.1 Å². The number of carboxylic acids is 1. The molecule has 0 amide bonds. The molecule has 1 N–H and O–H groups in total. The van der Waals surface area contributed by atoms with Crippen molar-refractivity contribution in [2.24, 2.45) is 0 Å². The summed E-state index contributed by atoms with van der Waals surface area (Å²) in [6.45, 7) is 3.60. The summed E-state index contributed by atoms with van der Waals surface area (Å²) in [7, 11) is 0. The molecule has 108 valence electrons. The second kappa shape index (κ2) is 6.22. The largest absolute Gasteiger partial charge is 0.478 e. The number of esters is 1. The highest BCUT2D eigenvalue weighted by Crippen LogP contribution is 2.21. The summed E-state index contributed by atoms with van der Waals surface area (Å²) in [6.07, 6.45) is -0.170. The first-order valence-electron chi connectivity index (χ1n) is 6.62. The molecule has 0 unspecified atom stereocenters. The molecule has 0 atom stereocenters. The van der Waals surface area contributed by atoms with E-state index in [2.05, 4.69) is 0 Å². The van der Waals surface area contributed by atoms with E-state index in [0.717, 1.165) is 11.1 Å². The molecule has 2 aromatic rings. The number of carboxylic acid groups (broad SMARTS) is 1. The quantitative estimate of drug-likeness (QED) is 0.871. The maximum Gasteiger partial charge on any atom is 0.338 e. The Morgan fingerprint density at radius 2 is 1.62 bits per heavy atom. The van der Waals surface area contributed by atoms with E-state index in [1.54, 1.807) is 44.2 Å². The Hall–Kier alpha value is -2.62. The van der Waals surface area contributed by atoms with E-state index in [4.69, 9.17) is 9.84 Å². The molecule has 0 radical (unpaired) electrons. The Bertz CT molecular complexity index is 657. The zero-order valence-corrected chi connectivity index (χ0v) is 11.9. The Morgan fingerprint density at radius 3 is 2.19 bits per heavy atom. The van der Waals surface area contributed by atoms with Gasteiger partial charge in [0.2, 0.25) is 0 Å². The highest BCUT2D eigenvalue weighted by Gasteiger charge is 2.10. The van der Waals surface area contributed by atoms with Gasteiger partial charge < -0.3 is 9.84 Å². The van der Waals surface area contributed by atoms with Crippen LogP contribution in [0, 0.1) is 0 Å². The van der Waals surface area contributed by atoms with Gasteiger partial charge in [0.25, 0.3) is 0 Å².